The van der Waals surface area contributed by atoms with Crippen molar-refractivity contribution in [3.05, 3.63) is 22.8 Å². The molecule has 20 nitrogen and oxygen atoms in total. The molecule has 1 saturated carbocycles. The zero-order valence-electron chi connectivity index (χ0n) is 34.8. The second-order valence-electron chi connectivity index (χ2n) is 19.2. The Bertz CT molecular complexity index is 1750. The molecule has 9 rings (SSSR count). The number of hydrogen-bond donors (Lipinski definition) is 11. The number of aliphatic hydroxyl groups excluding tert-OH is 11. The summed E-state index contributed by atoms with van der Waals surface area (Å²) < 4.78 is 49.0. The number of Topliss-reactive ketones (excluding diaryl/α,β-unsaturated/α-hetero) is 1. The topological polar surface area (TPSA) is 313 Å². The van der Waals surface area contributed by atoms with Crippen molar-refractivity contribution in [1.82, 2.24) is 0 Å². The lowest BCUT2D eigenvalue weighted by atomic mass is 9.51. The average Bonchev–Trinajstić information content (AvgIpc) is 3.72. The van der Waals surface area contributed by atoms with Crippen molar-refractivity contribution in [1.29, 1.82) is 0 Å². The van der Waals surface area contributed by atoms with E-state index in [4.69, 9.17) is 37.9 Å². The first-order valence-electron chi connectivity index (χ1n) is 22.0. The molecule has 1 spiro atoms. The number of carbonyl (C=O) groups is 1. The van der Waals surface area contributed by atoms with Gasteiger partial charge in [0.2, 0.25) is 5.79 Å². The maximum absolute atomic E-state index is 14.6. The molecule has 11 N–H and O–H groups in total. The molecule has 5 heterocycles. The van der Waals surface area contributed by atoms with Crippen molar-refractivity contribution in [3.8, 4) is 0 Å². The summed E-state index contributed by atoms with van der Waals surface area (Å²) in [6.45, 7) is 4.02. The third kappa shape index (κ3) is 7.03. The van der Waals surface area contributed by atoms with Crippen LogP contribution in [0.3, 0.4) is 0 Å². The fourth-order valence-electron chi connectivity index (χ4n) is 12.2. The highest BCUT2D eigenvalue weighted by molar-refractivity contribution is 6.04. The molecule has 25 atom stereocenters. The van der Waals surface area contributed by atoms with E-state index in [-0.39, 0.29) is 30.6 Å². The van der Waals surface area contributed by atoms with Crippen LogP contribution in [0, 0.1) is 35.0 Å². The first kappa shape index (κ1) is 45.5. The second-order valence-corrected chi connectivity index (χ2v) is 19.2. The van der Waals surface area contributed by atoms with E-state index in [0.29, 0.717) is 31.3 Å². The Kier molecular flexibility index (Phi) is 12.4. The molecule has 9 aliphatic rings. The van der Waals surface area contributed by atoms with Gasteiger partial charge in [0.05, 0.1) is 50.8 Å². The Morgan fingerprint density at radius 1 is 0.790 bits per heavy atom. The molecule has 6 fully saturated rings. The average molecular weight is 887 g/mol. The summed E-state index contributed by atoms with van der Waals surface area (Å²) in [6.07, 6.45) is -21.3. The Morgan fingerprint density at radius 3 is 2.23 bits per heavy atom. The van der Waals surface area contributed by atoms with E-state index in [1.807, 2.05) is 13.0 Å². The third-order valence-electron chi connectivity index (χ3n) is 15.8. The fraction of sp³-hybridized carbons (Fsp3) is 0.881. The largest absolute Gasteiger partial charge is 0.396 e. The number of allylic oxidation sites excluding steroid dienone is 1. The molecule has 4 aliphatic carbocycles. The van der Waals surface area contributed by atoms with Crippen LogP contribution in [0.1, 0.15) is 52.9 Å². The van der Waals surface area contributed by atoms with Gasteiger partial charge in [-0.15, -0.1) is 0 Å². The van der Waals surface area contributed by atoms with E-state index in [1.165, 1.54) is 6.92 Å². The molecule has 0 aromatic heterocycles. The predicted octanol–water partition coefficient (Wildman–Crippen LogP) is -3.77. The van der Waals surface area contributed by atoms with Crippen LogP contribution in [-0.4, -0.2) is 205 Å². The zero-order valence-corrected chi connectivity index (χ0v) is 34.8. The van der Waals surface area contributed by atoms with Gasteiger partial charge in [0.1, 0.15) is 67.1 Å². The Hall–Kier alpha value is -1.61. The minimum absolute atomic E-state index is 0.0720. The van der Waals surface area contributed by atoms with Crippen molar-refractivity contribution in [2.45, 2.75) is 169 Å². The quantitative estimate of drug-likeness (QED) is 0.109. The number of aliphatic hydroxyl groups is 11. The summed E-state index contributed by atoms with van der Waals surface area (Å²) in [5.74, 6) is -4.34. The van der Waals surface area contributed by atoms with E-state index >= 15 is 0 Å². The van der Waals surface area contributed by atoms with Crippen LogP contribution in [0.2, 0.25) is 0 Å². The molecule has 0 bridgehead atoms. The van der Waals surface area contributed by atoms with Gasteiger partial charge in [0.25, 0.3) is 0 Å². The van der Waals surface area contributed by atoms with Crippen molar-refractivity contribution < 1.29 is 98.9 Å². The minimum Gasteiger partial charge on any atom is -0.396 e. The van der Waals surface area contributed by atoms with Gasteiger partial charge in [0.15, 0.2) is 24.7 Å². The smallest absolute Gasteiger partial charge is 0.203 e. The van der Waals surface area contributed by atoms with Gasteiger partial charge in [0, 0.05) is 35.2 Å². The number of ketones is 1. The number of carbonyl (C=O) groups excluding carboxylic acids is 1. The molecule has 20 heteroatoms. The molecule has 5 aliphatic heterocycles. The van der Waals surface area contributed by atoms with Gasteiger partial charge in [-0.25, -0.2) is 0 Å². The standard InChI is InChI=1S/C42H62O20/c1-14-11-57-42(37(54)27(14)47)21(10-43)26-19-6-7-20-18(25(19)30(50)35(26)62-42)5-4-16-8-17(44)9-24(41(16,20)3)59-40-36(61-39-33(53)31(51)28(48)15(2)58-39)34(23(46)13-56-40)60-38-32(52)29(49)22(45)12-55-38/h4,14-15,17-18,20-24,26-29,31-40,43-49,51-54H,5-13H2,1-3H3/t14-,15-,17+,18+,20-,21-,22?,23+,24+,26-,27+,28-,29-,31+,32+,33+,34+,35+,36-,37-,38-,39-,40-,41-,42-/m0/s1. The van der Waals surface area contributed by atoms with Gasteiger partial charge in [-0.3, -0.25) is 4.79 Å². The van der Waals surface area contributed by atoms with Gasteiger partial charge in [-0.1, -0.05) is 31.1 Å². The monoisotopic (exact) mass is 886 g/mol. The fourth-order valence-corrected chi connectivity index (χ4v) is 12.2. The number of hydrogen-bond acceptors (Lipinski definition) is 20. The van der Waals surface area contributed by atoms with Crippen LogP contribution in [0.5, 0.6) is 0 Å². The Morgan fingerprint density at radius 2 is 1.48 bits per heavy atom. The SMILES string of the molecule is C[C@@H]1O[C@@H](O[C@@H]2[C@H](O[C@@H]3C[C@H](O)CC4=CC[C@H]5C6=C(CC[C@@H]5[C@]43C)[C@@H]3[C@@H](O[C@@]4(OC[C@H](C)[C@@H](O)[C@@H]4O)[C@H]3CO)C6=O)OC[C@@H](O)[C@H]2O[C@@H]2OCC(O)[C@H](O)[C@H]2O)[C@H](O)[C@H](O)[C@H]1O. The lowest BCUT2D eigenvalue weighted by Crippen LogP contribution is -2.65. The van der Waals surface area contributed by atoms with Gasteiger partial charge in [-0.2, -0.15) is 0 Å². The molecule has 1 unspecified atom stereocenters. The second kappa shape index (κ2) is 16.9. The predicted molar refractivity (Wildman–Crippen MR) is 204 cm³/mol. The molecule has 0 amide bonds. The molecular weight excluding hydrogens is 824 g/mol. The maximum atomic E-state index is 14.6. The summed E-state index contributed by atoms with van der Waals surface area (Å²) in [5, 5.41) is 119. The van der Waals surface area contributed by atoms with Crippen LogP contribution >= 0.6 is 0 Å². The van der Waals surface area contributed by atoms with Crippen molar-refractivity contribution in [2.24, 2.45) is 35.0 Å². The molecule has 62 heavy (non-hydrogen) atoms. The number of fused-ring (bicyclic) bond motifs is 6. The third-order valence-corrected chi connectivity index (χ3v) is 15.8. The van der Waals surface area contributed by atoms with E-state index in [1.54, 1.807) is 6.92 Å². The zero-order chi connectivity index (χ0) is 44.3. The lowest BCUT2D eigenvalue weighted by molar-refractivity contribution is -0.382. The first-order chi connectivity index (χ1) is 29.4. The summed E-state index contributed by atoms with van der Waals surface area (Å²) >= 11 is 0. The molecular formula is C42H62O20. The summed E-state index contributed by atoms with van der Waals surface area (Å²) in [6, 6.07) is 0. The summed E-state index contributed by atoms with van der Waals surface area (Å²) in [5.41, 5.74) is 1.52. The van der Waals surface area contributed by atoms with Crippen LogP contribution in [-0.2, 0) is 42.7 Å². The number of ether oxygens (including phenoxy) is 8. The van der Waals surface area contributed by atoms with Gasteiger partial charge < -0.3 is 94.1 Å². The van der Waals surface area contributed by atoms with E-state index in [2.05, 4.69) is 0 Å². The van der Waals surface area contributed by atoms with Crippen LogP contribution in [0.15, 0.2) is 22.8 Å². The van der Waals surface area contributed by atoms with Crippen molar-refractivity contribution in [2.75, 3.05) is 26.4 Å². The van der Waals surface area contributed by atoms with E-state index in [0.717, 1.165) is 11.1 Å². The highest BCUT2D eigenvalue weighted by Gasteiger charge is 2.69. The summed E-state index contributed by atoms with van der Waals surface area (Å²) in [7, 11) is 0. The Balaban J connectivity index is 1.02. The van der Waals surface area contributed by atoms with Crippen molar-refractivity contribution >= 4 is 5.78 Å². The molecule has 5 saturated heterocycles. The van der Waals surface area contributed by atoms with Crippen LogP contribution in [0.4, 0.5) is 0 Å². The molecule has 0 aromatic carbocycles. The Labute approximate surface area is 357 Å². The number of rotatable bonds is 7. The minimum atomic E-state index is -1.79. The highest BCUT2D eigenvalue weighted by atomic mass is 16.8. The highest BCUT2D eigenvalue weighted by Crippen LogP contribution is 2.64. The van der Waals surface area contributed by atoms with Crippen LogP contribution < -0.4 is 0 Å². The van der Waals surface area contributed by atoms with Gasteiger partial charge in [-0.05, 0) is 44.4 Å². The van der Waals surface area contributed by atoms with E-state index < -0.39 is 159 Å². The molecule has 0 aromatic rings. The molecule has 350 valence electrons. The van der Waals surface area contributed by atoms with E-state index in [9.17, 15) is 61.0 Å². The van der Waals surface area contributed by atoms with Gasteiger partial charge >= 0.3 is 0 Å². The lowest BCUT2D eigenvalue weighted by Gasteiger charge is -2.56. The maximum Gasteiger partial charge on any atom is 0.203 e. The first-order valence-corrected chi connectivity index (χ1v) is 22.0. The normalized spacial score (nSPS) is 55.4. The van der Waals surface area contributed by atoms with Crippen molar-refractivity contribution in [3.63, 3.8) is 0 Å². The van der Waals surface area contributed by atoms with Crippen LogP contribution in [0.25, 0.3) is 0 Å². The molecule has 0 radical (unpaired) electrons. The summed E-state index contributed by atoms with van der Waals surface area (Å²) in [4.78, 5) is 14.6.